The number of nitrogens with one attached hydrogen (secondary N) is 1. The monoisotopic (exact) mass is 541 g/mol. The molecule has 1 N–H and O–H groups in total. The van der Waals surface area contributed by atoms with Crippen LogP contribution in [0.2, 0.25) is 0 Å². The third-order valence-corrected chi connectivity index (χ3v) is 7.83. The van der Waals surface area contributed by atoms with Gasteiger partial charge in [0.2, 0.25) is 0 Å². The summed E-state index contributed by atoms with van der Waals surface area (Å²) in [5.41, 5.74) is 7.28. The number of hydrazone groups is 1. The molecule has 0 aliphatic carbocycles. The molecule has 0 unspecified atom stereocenters. The van der Waals surface area contributed by atoms with Crippen molar-refractivity contribution in [2.75, 3.05) is 10.8 Å². The van der Waals surface area contributed by atoms with Gasteiger partial charge in [-0.05, 0) is 85.5 Å². The van der Waals surface area contributed by atoms with Crippen LogP contribution in [0, 0.1) is 20.8 Å². The number of sulfonamides is 1. The fourth-order valence-corrected chi connectivity index (χ4v) is 5.34. The highest BCUT2D eigenvalue weighted by atomic mass is 32.2. The number of benzene rings is 4. The van der Waals surface area contributed by atoms with Crippen LogP contribution < -0.4 is 14.5 Å². The van der Waals surface area contributed by atoms with E-state index in [0.717, 1.165) is 32.1 Å². The van der Waals surface area contributed by atoms with Crippen molar-refractivity contribution in [3.63, 3.8) is 0 Å². The average molecular weight is 542 g/mol. The molecule has 0 bridgehead atoms. The van der Waals surface area contributed by atoms with E-state index in [4.69, 9.17) is 4.74 Å². The lowest BCUT2D eigenvalue weighted by Crippen LogP contribution is -2.40. The van der Waals surface area contributed by atoms with Gasteiger partial charge in [-0.25, -0.2) is 13.8 Å². The Morgan fingerprint density at radius 2 is 1.54 bits per heavy atom. The maximum absolute atomic E-state index is 13.6. The van der Waals surface area contributed by atoms with Crippen LogP contribution in [0.15, 0.2) is 107 Å². The van der Waals surface area contributed by atoms with Gasteiger partial charge in [-0.2, -0.15) is 5.10 Å². The molecule has 0 spiro atoms. The van der Waals surface area contributed by atoms with Crippen LogP contribution >= 0.6 is 0 Å². The van der Waals surface area contributed by atoms with E-state index < -0.39 is 22.5 Å². The normalized spacial score (nSPS) is 11.4. The van der Waals surface area contributed by atoms with Crippen molar-refractivity contribution in [3.8, 4) is 5.75 Å². The number of carbonyl (C=O) groups excluding carboxylic acids is 1. The molecule has 8 heteroatoms. The SMILES string of the molecule is Cc1ccc(S(=O)(=O)N(CC(=O)NN=Cc2ccc(OCc3ccccc3)cc2)c2cc(C)ccc2C)cc1. The van der Waals surface area contributed by atoms with Gasteiger partial charge in [0.25, 0.3) is 15.9 Å². The lowest BCUT2D eigenvalue weighted by molar-refractivity contribution is -0.119. The van der Waals surface area contributed by atoms with E-state index in [2.05, 4.69) is 10.5 Å². The fraction of sp³-hybridized carbons (Fsp3) is 0.161. The number of hydrogen-bond donors (Lipinski definition) is 1. The lowest BCUT2D eigenvalue weighted by atomic mass is 10.1. The number of aryl methyl sites for hydroxylation is 3. The molecule has 39 heavy (non-hydrogen) atoms. The van der Waals surface area contributed by atoms with Crippen molar-refractivity contribution in [2.45, 2.75) is 32.3 Å². The summed E-state index contributed by atoms with van der Waals surface area (Å²) in [5, 5.41) is 4.03. The van der Waals surface area contributed by atoms with Crippen molar-refractivity contribution >= 4 is 27.8 Å². The Morgan fingerprint density at radius 3 is 2.23 bits per heavy atom. The average Bonchev–Trinajstić information content (AvgIpc) is 2.93. The number of ether oxygens (including phenoxy) is 1. The van der Waals surface area contributed by atoms with E-state index >= 15 is 0 Å². The van der Waals surface area contributed by atoms with E-state index in [0.29, 0.717) is 18.0 Å². The Hall–Kier alpha value is -4.43. The minimum atomic E-state index is -4.01. The number of anilines is 1. The largest absolute Gasteiger partial charge is 0.489 e. The molecule has 0 saturated heterocycles. The first kappa shape index (κ1) is 27.6. The van der Waals surface area contributed by atoms with E-state index in [1.54, 1.807) is 30.3 Å². The molecular formula is C31H31N3O4S. The van der Waals surface area contributed by atoms with E-state index in [9.17, 15) is 13.2 Å². The van der Waals surface area contributed by atoms with Crippen LogP contribution in [0.4, 0.5) is 5.69 Å². The third kappa shape index (κ3) is 7.33. The minimum Gasteiger partial charge on any atom is -0.489 e. The zero-order valence-corrected chi connectivity index (χ0v) is 23.0. The smallest absolute Gasteiger partial charge is 0.264 e. The van der Waals surface area contributed by atoms with Gasteiger partial charge in [-0.1, -0.05) is 60.2 Å². The topological polar surface area (TPSA) is 88.1 Å². The van der Waals surface area contributed by atoms with E-state index in [-0.39, 0.29) is 4.90 Å². The predicted octanol–water partition coefficient (Wildman–Crippen LogP) is 5.54. The maximum atomic E-state index is 13.6. The number of nitrogens with zero attached hydrogens (tertiary/aromatic N) is 2. The summed E-state index contributed by atoms with van der Waals surface area (Å²) in [6.07, 6.45) is 1.50. The number of hydrogen-bond acceptors (Lipinski definition) is 5. The first-order chi connectivity index (χ1) is 18.7. The molecule has 0 radical (unpaired) electrons. The Bertz CT molecular complexity index is 1550. The first-order valence-corrected chi connectivity index (χ1v) is 13.9. The Labute approximate surface area is 229 Å². The predicted molar refractivity (Wildman–Crippen MR) is 155 cm³/mol. The molecule has 0 aromatic heterocycles. The molecular weight excluding hydrogens is 510 g/mol. The molecule has 0 atom stereocenters. The van der Waals surface area contributed by atoms with Crippen molar-refractivity contribution < 1.29 is 17.9 Å². The van der Waals surface area contributed by atoms with Gasteiger partial charge in [0, 0.05) is 0 Å². The van der Waals surface area contributed by atoms with Gasteiger partial charge in [0.05, 0.1) is 16.8 Å². The minimum absolute atomic E-state index is 0.111. The quantitative estimate of drug-likeness (QED) is 0.211. The highest BCUT2D eigenvalue weighted by molar-refractivity contribution is 7.92. The second-order valence-corrected chi connectivity index (χ2v) is 11.1. The van der Waals surface area contributed by atoms with Crippen molar-refractivity contribution in [1.29, 1.82) is 0 Å². The van der Waals surface area contributed by atoms with E-state index in [1.807, 2.05) is 87.5 Å². The summed E-state index contributed by atoms with van der Waals surface area (Å²) in [4.78, 5) is 13.0. The van der Waals surface area contributed by atoms with Crippen LogP contribution in [-0.2, 0) is 21.4 Å². The molecule has 0 saturated carbocycles. The van der Waals surface area contributed by atoms with Gasteiger partial charge < -0.3 is 4.74 Å². The highest BCUT2D eigenvalue weighted by Gasteiger charge is 2.28. The summed E-state index contributed by atoms with van der Waals surface area (Å²) < 4.78 is 34.1. The standard InChI is InChI=1S/C31H31N3O4S/c1-23-10-17-29(18-11-23)39(36,37)34(30-19-24(2)9-12-25(30)3)21-31(35)33-32-20-26-13-15-28(16-14-26)38-22-27-7-5-4-6-8-27/h4-20H,21-22H2,1-3H3,(H,33,35). The third-order valence-electron chi connectivity index (χ3n) is 6.06. The summed E-state index contributed by atoms with van der Waals surface area (Å²) in [6.45, 7) is 5.62. The van der Waals surface area contributed by atoms with Crippen molar-refractivity contribution in [2.24, 2.45) is 5.10 Å². The number of rotatable bonds is 10. The summed E-state index contributed by atoms with van der Waals surface area (Å²) in [6, 6.07) is 29.2. The zero-order valence-electron chi connectivity index (χ0n) is 22.2. The Morgan fingerprint density at radius 1 is 0.872 bits per heavy atom. The molecule has 0 aliphatic rings. The van der Waals surface area contributed by atoms with Crippen molar-refractivity contribution in [1.82, 2.24) is 5.43 Å². The Balaban J connectivity index is 1.44. The van der Waals surface area contributed by atoms with Gasteiger partial charge >= 0.3 is 0 Å². The van der Waals surface area contributed by atoms with E-state index in [1.165, 1.54) is 6.21 Å². The molecule has 1 amide bonds. The van der Waals surface area contributed by atoms with Gasteiger partial charge in [-0.3, -0.25) is 9.10 Å². The molecule has 0 fully saturated rings. The summed E-state index contributed by atoms with van der Waals surface area (Å²) in [7, 11) is -4.01. The van der Waals surface area contributed by atoms with Crippen molar-refractivity contribution in [3.05, 3.63) is 125 Å². The Kier molecular flexibility index (Phi) is 8.78. The maximum Gasteiger partial charge on any atom is 0.264 e. The van der Waals surface area contributed by atoms with Crippen LogP contribution in [0.1, 0.15) is 27.8 Å². The highest BCUT2D eigenvalue weighted by Crippen LogP contribution is 2.28. The van der Waals surface area contributed by atoms with Crippen LogP contribution in [0.5, 0.6) is 5.75 Å². The second-order valence-electron chi connectivity index (χ2n) is 9.25. The van der Waals surface area contributed by atoms with Crippen LogP contribution in [-0.4, -0.2) is 27.1 Å². The van der Waals surface area contributed by atoms with Gasteiger partial charge in [0.1, 0.15) is 18.9 Å². The second kappa shape index (κ2) is 12.4. The molecule has 4 aromatic rings. The van der Waals surface area contributed by atoms with Crippen LogP contribution in [0.3, 0.4) is 0 Å². The molecule has 0 aliphatic heterocycles. The fourth-order valence-electron chi connectivity index (χ4n) is 3.86. The van der Waals surface area contributed by atoms with Crippen LogP contribution in [0.25, 0.3) is 0 Å². The molecule has 0 heterocycles. The molecule has 4 aromatic carbocycles. The van der Waals surface area contributed by atoms with Gasteiger partial charge in [0.15, 0.2) is 0 Å². The summed E-state index contributed by atoms with van der Waals surface area (Å²) in [5.74, 6) is 0.149. The first-order valence-electron chi connectivity index (χ1n) is 12.5. The molecule has 7 nitrogen and oxygen atoms in total. The number of carbonyl (C=O) groups is 1. The summed E-state index contributed by atoms with van der Waals surface area (Å²) >= 11 is 0. The zero-order chi connectivity index (χ0) is 27.8. The van der Waals surface area contributed by atoms with Gasteiger partial charge in [-0.15, -0.1) is 0 Å². The lowest BCUT2D eigenvalue weighted by Gasteiger charge is -2.25. The molecule has 4 rings (SSSR count). The molecule has 200 valence electrons. The number of amides is 1.